The van der Waals surface area contributed by atoms with Crippen molar-refractivity contribution in [1.82, 2.24) is 0 Å². The fourth-order valence-electron chi connectivity index (χ4n) is 0.0945. The maximum atomic E-state index is 5.26. The summed E-state index contributed by atoms with van der Waals surface area (Å²) in [6, 6.07) is 0. The maximum absolute atomic E-state index is 5.26. The lowest BCUT2D eigenvalue weighted by Crippen LogP contribution is -1.65. The molecule has 0 aliphatic heterocycles. The predicted octanol–water partition coefficient (Wildman–Crippen LogP) is 1.84. The highest BCUT2D eigenvalue weighted by atomic mass is 35.5. The van der Waals surface area contributed by atoms with Crippen LogP contribution in [0.3, 0.4) is 0 Å². The molecule has 0 nitrogen and oxygen atoms in total. The van der Waals surface area contributed by atoms with E-state index in [1.807, 2.05) is 0 Å². The molecule has 31 valence electrons. The Labute approximate surface area is 38.1 Å². The highest BCUT2D eigenvalue weighted by Crippen LogP contribution is 1.86. The quantitative estimate of drug-likeness (QED) is 0.455. The predicted molar refractivity (Wildman–Crippen MR) is 25.3 cm³/mol. The fraction of sp³-hybridized carbons (Fsp3) is 0.750. The van der Waals surface area contributed by atoms with E-state index >= 15 is 0 Å². The van der Waals surface area contributed by atoms with Crippen LogP contribution in [-0.4, -0.2) is 5.88 Å². The van der Waals surface area contributed by atoms with Crippen LogP contribution in [0.15, 0.2) is 0 Å². The molecule has 0 heterocycles. The molecule has 0 fully saturated rings. The van der Waals surface area contributed by atoms with E-state index in [4.69, 9.17) is 11.6 Å². The Bertz CT molecular complexity index is 11.1. The second-order valence-corrected chi connectivity index (χ2v) is 1.27. The number of rotatable bonds is 2. The van der Waals surface area contributed by atoms with Crippen LogP contribution < -0.4 is 0 Å². The van der Waals surface area contributed by atoms with E-state index in [0.29, 0.717) is 0 Å². The van der Waals surface area contributed by atoms with E-state index < -0.39 is 0 Å². The molecule has 1 heteroatoms. The van der Waals surface area contributed by atoms with Gasteiger partial charge in [0.25, 0.3) is 0 Å². The largest absolute Gasteiger partial charge is 0.127 e. The molecule has 0 unspecified atom stereocenters. The van der Waals surface area contributed by atoms with Crippen molar-refractivity contribution in [1.29, 1.82) is 0 Å². The molecule has 0 bridgehead atoms. The number of halogens is 1. The first kappa shape index (κ1) is 5.29. The van der Waals surface area contributed by atoms with Gasteiger partial charge in [-0.2, -0.15) is 0 Å². The van der Waals surface area contributed by atoms with Gasteiger partial charge in [-0.3, -0.25) is 0 Å². The van der Waals surface area contributed by atoms with Gasteiger partial charge >= 0.3 is 0 Å². The number of hydrogen-bond acceptors (Lipinski definition) is 0. The summed E-state index contributed by atoms with van der Waals surface area (Å²) >= 11 is 5.26. The Kier molecular flexibility index (Phi) is 4.54. The van der Waals surface area contributed by atoms with Crippen molar-refractivity contribution in [2.75, 3.05) is 5.88 Å². The second-order valence-electron chi connectivity index (χ2n) is 0.896. The molecule has 0 amide bonds. The molecule has 0 rings (SSSR count). The van der Waals surface area contributed by atoms with Crippen LogP contribution >= 0.6 is 11.6 Å². The molecule has 0 aliphatic rings. The van der Waals surface area contributed by atoms with Gasteiger partial charge in [0.15, 0.2) is 0 Å². The third-order valence-electron chi connectivity index (χ3n) is 0.384. The van der Waals surface area contributed by atoms with Crippen molar-refractivity contribution >= 4 is 11.6 Å². The summed E-state index contributed by atoms with van der Waals surface area (Å²) in [5, 5.41) is 0. The van der Waals surface area contributed by atoms with Gasteiger partial charge in [-0.05, 0) is 6.42 Å². The molecule has 0 aromatic carbocycles. The van der Waals surface area contributed by atoms with Gasteiger partial charge in [0.1, 0.15) is 0 Å². The lowest BCUT2D eigenvalue weighted by Gasteiger charge is -1.77. The average Bonchev–Trinajstić information content (AvgIpc) is 1.41. The fourth-order valence-corrected chi connectivity index (χ4v) is 0.283. The van der Waals surface area contributed by atoms with E-state index in [1.165, 1.54) is 0 Å². The van der Waals surface area contributed by atoms with Crippen LogP contribution in [0.25, 0.3) is 0 Å². The summed E-state index contributed by atoms with van der Waals surface area (Å²) in [4.78, 5) is 0. The molecule has 1 radical (unpaired) electrons. The topological polar surface area (TPSA) is 0 Å². The minimum atomic E-state index is 0.753. The summed E-state index contributed by atoms with van der Waals surface area (Å²) in [6.07, 6.45) is 2.01. The van der Waals surface area contributed by atoms with Gasteiger partial charge in [-0.25, -0.2) is 0 Å². The van der Waals surface area contributed by atoms with Crippen LogP contribution in [0, 0.1) is 6.92 Å². The Morgan fingerprint density at radius 1 is 1.60 bits per heavy atom. The minimum Gasteiger partial charge on any atom is -0.127 e. The zero-order valence-corrected chi connectivity index (χ0v) is 3.96. The summed E-state index contributed by atoms with van der Waals surface area (Å²) in [7, 11) is 0. The van der Waals surface area contributed by atoms with Crippen LogP contribution in [0.2, 0.25) is 0 Å². The monoisotopic (exact) mass is 91.0 g/mol. The first-order chi connectivity index (χ1) is 2.41. The molecule has 0 atom stereocenters. The number of alkyl halides is 1. The summed E-state index contributed by atoms with van der Waals surface area (Å²) in [5.74, 6) is 0.753. The number of hydrogen-bond donors (Lipinski definition) is 0. The van der Waals surface area contributed by atoms with Gasteiger partial charge < -0.3 is 0 Å². The van der Waals surface area contributed by atoms with Crippen molar-refractivity contribution in [3.8, 4) is 0 Å². The summed E-state index contributed by atoms with van der Waals surface area (Å²) in [6.45, 7) is 3.59. The molecule has 0 aromatic heterocycles. The molecule has 0 aliphatic carbocycles. The summed E-state index contributed by atoms with van der Waals surface area (Å²) < 4.78 is 0. The van der Waals surface area contributed by atoms with Gasteiger partial charge in [0.05, 0.1) is 0 Å². The zero-order chi connectivity index (χ0) is 4.12. The Morgan fingerprint density at radius 2 is 2.20 bits per heavy atom. The van der Waals surface area contributed by atoms with Crippen molar-refractivity contribution in [3.63, 3.8) is 0 Å². The van der Waals surface area contributed by atoms with Gasteiger partial charge in [0.2, 0.25) is 0 Å². The Hall–Kier alpha value is 0.290. The minimum absolute atomic E-state index is 0.753. The van der Waals surface area contributed by atoms with Crippen molar-refractivity contribution < 1.29 is 0 Å². The molecular formula is C4H8Cl. The van der Waals surface area contributed by atoms with E-state index in [1.54, 1.807) is 0 Å². The lowest BCUT2D eigenvalue weighted by atomic mass is 10.4. The van der Waals surface area contributed by atoms with Gasteiger partial charge in [0, 0.05) is 5.88 Å². The van der Waals surface area contributed by atoms with Crippen molar-refractivity contribution in [2.45, 2.75) is 12.8 Å². The Morgan fingerprint density at radius 3 is 2.20 bits per heavy atom. The van der Waals surface area contributed by atoms with E-state index in [2.05, 4.69) is 6.92 Å². The molecular weight excluding hydrogens is 83.5 g/mol. The van der Waals surface area contributed by atoms with Gasteiger partial charge in [-0.1, -0.05) is 13.3 Å². The Balaban J connectivity index is 2.19. The first-order valence-corrected chi connectivity index (χ1v) is 2.30. The summed E-state index contributed by atoms with van der Waals surface area (Å²) in [5.41, 5.74) is 0. The molecule has 5 heavy (non-hydrogen) atoms. The first-order valence-electron chi connectivity index (χ1n) is 1.77. The van der Waals surface area contributed by atoms with Crippen LogP contribution in [-0.2, 0) is 0 Å². The molecule has 0 saturated carbocycles. The van der Waals surface area contributed by atoms with Crippen LogP contribution in [0.5, 0.6) is 0 Å². The lowest BCUT2D eigenvalue weighted by molar-refractivity contribution is 0.964. The normalized spacial score (nSPS) is 8.40. The highest BCUT2D eigenvalue weighted by molar-refractivity contribution is 6.17. The second kappa shape index (κ2) is 4.29. The van der Waals surface area contributed by atoms with E-state index in [-0.39, 0.29) is 0 Å². The SMILES string of the molecule is [CH2]CCCCl. The third kappa shape index (κ3) is 4.29. The van der Waals surface area contributed by atoms with Crippen molar-refractivity contribution in [2.24, 2.45) is 0 Å². The highest BCUT2D eigenvalue weighted by Gasteiger charge is 1.70. The molecule has 0 spiro atoms. The molecule has 0 saturated heterocycles. The smallest absolute Gasteiger partial charge is 0.0223 e. The standard InChI is InChI=1S/C4H8Cl/c1-2-3-4-5/h1-4H2. The maximum Gasteiger partial charge on any atom is 0.0223 e. The van der Waals surface area contributed by atoms with E-state index in [9.17, 15) is 0 Å². The molecule has 0 N–H and O–H groups in total. The van der Waals surface area contributed by atoms with Crippen LogP contribution in [0.4, 0.5) is 0 Å². The van der Waals surface area contributed by atoms with Gasteiger partial charge in [-0.15, -0.1) is 11.6 Å². The number of unbranched alkanes of at least 4 members (excludes halogenated alkanes) is 1. The van der Waals surface area contributed by atoms with E-state index in [0.717, 1.165) is 18.7 Å². The average molecular weight is 91.6 g/mol. The van der Waals surface area contributed by atoms with Crippen molar-refractivity contribution in [3.05, 3.63) is 6.92 Å². The third-order valence-corrected chi connectivity index (χ3v) is 0.651. The molecule has 0 aromatic rings. The zero-order valence-electron chi connectivity index (χ0n) is 3.21. The van der Waals surface area contributed by atoms with Crippen LogP contribution in [0.1, 0.15) is 12.8 Å².